The van der Waals surface area contributed by atoms with Crippen LogP contribution in [0.2, 0.25) is 0 Å². The number of alkyl halides is 1. The van der Waals surface area contributed by atoms with Crippen LogP contribution in [-0.2, 0) is 19.6 Å². The first-order valence-electron chi connectivity index (χ1n) is 5.76. The van der Waals surface area contributed by atoms with Crippen LogP contribution in [0.15, 0.2) is 0 Å². The quantitative estimate of drug-likeness (QED) is 0.580. The molecule has 1 heterocycles. The number of hydrogen-bond donors (Lipinski definition) is 1. The molecule has 0 radical (unpaired) electrons. The van der Waals surface area contributed by atoms with Crippen molar-refractivity contribution in [3.8, 4) is 0 Å². The van der Waals surface area contributed by atoms with Crippen molar-refractivity contribution in [3.05, 3.63) is 0 Å². The highest BCUT2D eigenvalue weighted by atomic mass is 35.5. The van der Waals surface area contributed by atoms with Gasteiger partial charge in [-0.25, -0.2) is 13.1 Å². The Morgan fingerprint density at radius 2 is 2.18 bits per heavy atom. The molecular formula is C10H14ClNO4S. The van der Waals surface area contributed by atoms with E-state index >= 15 is 0 Å². The molecular weight excluding hydrogens is 266 g/mol. The van der Waals surface area contributed by atoms with Gasteiger partial charge in [0.25, 0.3) is 0 Å². The van der Waals surface area contributed by atoms with Crippen LogP contribution in [0.25, 0.3) is 0 Å². The Labute approximate surface area is 105 Å². The lowest BCUT2D eigenvalue weighted by atomic mass is 9.93. The van der Waals surface area contributed by atoms with Crippen LogP contribution in [0.3, 0.4) is 0 Å². The molecule has 6 unspecified atom stereocenters. The Balaban J connectivity index is 1.81. The maximum absolute atomic E-state index is 11.8. The van der Waals surface area contributed by atoms with Gasteiger partial charge < -0.3 is 4.74 Å². The van der Waals surface area contributed by atoms with E-state index in [1.807, 2.05) is 0 Å². The molecule has 3 fully saturated rings. The van der Waals surface area contributed by atoms with Gasteiger partial charge in [0.1, 0.15) is 11.5 Å². The summed E-state index contributed by atoms with van der Waals surface area (Å²) in [5.41, 5.74) is 0. The standard InChI is InChI=1S/C10H14ClNO4S/c1-4(11)10(13)16-9-5-2-6-7(3-5)17(14,15)12-8(6)9/h4-9,12H,2-3H2,1H3. The van der Waals surface area contributed by atoms with Crippen LogP contribution in [0, 0.1) is 11.8 Å². The van der Waals surface area contributed by atoms with Crippen LogP contribution in [0.4, 0.5) is 0 Å². The minimum absolute atomic E-state index is 0.105. The van der Waals surface area contributed by atoms with Gasteiger partial charge in [-0.05, 0) is 31.6 Å². The van der Waals surface area contributed by atoms with Crippen molar-refractivity contribution in [1.82, 2.24) is 4.72 Å². The summed E-state index contributed by atoms with van der Waals surface area (Å²) in [6, 6.07) is -0.233. The van der Waals surface area contributed by atoms with Crippen LogP contribution in [0.1, 0.15) is 19.8 Å². The fraction of sp³-hybridized carbons (Fsp3) is 0.900. The van der Waals surface area contributed by atoms with E-state index in [9.17, 15) is 13.2 Å². The summed E-state index contributed by atoms with van der Waals surface area (Å²) < 4.78 is 31.5. The largest absolute Gasteiger partial charge is 0.459 e. The van der Waals surface area contributed by atoms with E-state index in [0.717, 1.165) is 6.42 Å². The van der Waals surface area contributed by atoms with Gasteiger partial charge in [0.15, 0.2) is 0 Å². The lowest BCUT2D eigenvalue weighted by molar-refractivity contribution is -0.151. The smallest absolute Gasteiger partial charge is 0.324 e. The number of halogens is 1. The van der Waals surface area contributed by atoms with Crippen molar-refractivity contribution in [3.63, 3.8) is 0 Å². The molecule has 1 N–H and O–H groups in total. The molecule has 2 saturated carbocycles. The monoisotopic (exact) mass is 279 g/mol. The molecule has 1 aliphatic heterocycles. The highest BCUT2D eigenvalue weighted by Crippen LogP contribution is 2.52. The molecule has 3 aliphatic rings. The highest BCUT2D eigenvalue weighted by molar-refractivity contribution is 7.90. The third-order valence-corrected chi connectivity index (χ3v) is 6.26. The predicted molar refractivity (Wildman–Crippen MR) is 61.0 cm³/mol. The first kappa shape index (κ1) is 11.7. The van der Waals surface area contributed by atoms with Gasteiger partial charge >= 0.3 is 5.97 Å². The summed E-state index contributed by atoms with van der Waals surface area (Å²) >= 11 is 5.65. The molecule has 0 amide bonds. The van der Waals surface area contributed by atoms with E-state index in [4.69, 9.17) is 16.3 Å². The molecule has 0 aromatic carbocycles. The molecule has 6 atom stereocenters. The normalized spacial score (nSPS) is 47.1. The number of fused-ring (bicyclic) bond motifs is 1. The van der Waals surface area contributed by atoms with Crippen molar-refractivity contribution >= 4 is 27.6 Å². The summed E-state index contributed by atoms with van der Waals surface area (Å²) in [6.45, 7) is 1.55. The molecule has 96 valence electrons. The average molecular weight is 280 g/mol. The Hall–Kier alpha value is -0.330. The number of carbonyl (C=O) groups is 1. The van der Waals surface area contributed by atoms with Crippen molar-refractivity contribution in [1.29, 1.82) is 0 Å². The Morgan fingerprint density at radius 3 is 2.82 bits per heavy atom. The van der Waals surface area contributed by atoms with Crippen molar-refractivity contribution in [2.75, 3.05) is 0 Å². The van der Waals surface area contributed by atoms with Gasteiger partial charge in [-0.15, -0.1) is 11.6 Å². The third-order valence-electron chi connectivity index (χ3n) is 4.14. The SMILES string of the molecule is CC(Cl)C(=O)OC1C2CC3C1NS(=O)(=O)C3C2. The van der Waals surface area contributed by atoms with Crippen molar-refractivity contribution < 1.29 is 17.9 Å². The maximum Gasteiger partial charge on any atom is 0.324 e. The van der Waals surface area contributed by atoms with Gasteiger partial charge in [-0.1, -0.05) is 0 Å². The van der Waals surface area contributed by atoms with E-state index < -0.39 is 21.4 Å². The first-order valence-corrected chi connectivity index (χ1v) is 7.74. The molecule has 0 spiro atoms. The van der Waals surface area contributed by atoms with Crippen LogP contribution in [0.5, 0.6) is 0 Å². The minimum Gasteiger partial charge on any atom is -0.459 e. The molecule has 0 aromatic heterocycles. The summed E-state index contributed by atoms with van der Waals surface area (Å²) in [6.07, 6.45) is 1.10. The number of ether oxygens (including phenoxy) is 1. The third kappa shape index (κ3) is 1.61. The predicted octanol–water partition coefficient (Wildman–Crippen LogP) is 0.236. The first-order chi connectivity index (χ1) is 7.90. The Morgan fingerprint density at radius 1 is 1.47 bits per heavy atom. The molecule has 0 aromatic rings. The molecule has 17 heavy (non-hydrogen) atoms. The number of esters is 1. The van der Waals surface area contributed by atoms with Gasteiger partial charge in [0.05, 0.1) is 11.3 Å². The van der Waals surface area contributed by atoms with Gasteiger partial charge in [0, 0.05) is 0 Å². The van der Waals surface area contributed by atoms with Gasteiger partial charge in [-0.2, -0.15) is 0 Å². The second-order valence-electron chi connectivity index (χ2n) is 5.14. The zero-order chi connectivity index (χ0) is 12.4. The van der Waals surface area contributed by atoms with E-state index in [-0.39, 0.29) is 29.2 Å². The van der Waals surface area contributed by atoms with Crippen LogP contribution in [-0.4, -0.2) is 37.2 Å². The van der Waals surface area contributed by atoms with Crippen LogP contribution >= 0.6 is 11.6 Å². The number of nitrogens with one attached hydrogen (secondary N) is 1. The Kier molecular flexibility index (Phi) is 2.48. The van der Waals surface area contributed by atoms with Crippen LogP contribution < -0.4 is 4.72 Å². The molecule has 5 nitrogen and oxygen atoms in total. The zero-order valence-corrected chi connectivity index (χ0v) is 10.9. The van der Waals surface area contributed by atoms with Gasteiger partial charge in [-0.3, -0.25) is 4.79 Å². The number of sulfonamides is 1. The zero-order valence-electron chi connectivity index (χ0n) is 9.30. The topological polar surface area (TPSA) is 72.5 Å². The second-order valence-corrected chi connectivity index (χ2v) is 7.73. The van der Waals surface area contributed by atoms with E-state index in [1.165, 1.54) is 0 Å². The van der Waals surface area contributed by atoms with E-state index in [0.29, 0.717) is 6.42 Å². The number of carbonyl (C=O) groups excluding carboxylic acids is 1. The summed E-state index contributed by atoms with van der Waals surface area (Å²) in [5.74, 6) is -0.195. The number of rotatable bonds is 2. The van der Waals surface area contributed by atoms with E-state index in [2.05, 4.69) is 4.72 Å². The lowest BCUT2D eigenvalue weighted by Crippen LogP contribution is -2.42. The van der Waals surface area contributed by atoms with Crippen molar-refractivity contribution in [2.24, 2.45) is 11.8 Å². The summed E-state index contributed by atoms with van der Waals surface area (Å²) in [4.78, 5) is 11.5. The molecule has 2 bridgehead atoms. The van der Waals surface area contributed by atoms with E-state index in [1.54, 1.807) is 6.92 Å². The second kappa shape index (κ2) is 3.59. The Bertz CT molecular complexity index is 463. The number of hydrogen-bond acceptors (Lipinski definition) is 4. The average Bonchev–Trinajstić information content (AvgIpc) is 2.81. The van der Waals surface area contributed by atoms with Crippen molar-refractivity contribution in [2.45, 2.75) is 42.5 Å². The summed E-state index contributed by atoms with van der Waals surface area (Å²) in [7, 11) is -3.19. The molecule has 7 heteroatoms. The lowest BCUT2D eigenvalue weighted by Gasteiger charge is -2.26. The van der Waals surface area contributed by atoms with Gasteiger partial charge in [0.2, 0.25) is 10.0 Å². The highest BCUT2D eigenvalue weighted by Gasteiger charge is 2.63. The molecule has 3 rings (SSSR count). The molecule has 2 aliphatic carbocycles. The molecule has 1 saturated heterocycles. The summed E-state index contributed by atoms with van der Waals surface area (Å²) in [5, 5.41) is -0.969. The minimum atomic E-state index is -3.19. The fourth-order valence-corrected chi connectivity index (χ4v) is 5.60. The fourth-order valence-electron chi connectivity index (χ4n) is 3.44. The maximum atomic E-state index is 11.8.